The van der Waals surface area contributed by atoms with Crippen LogP contribution in [-0.4, -0.2) is 50.3 Å². The molecule has 0 aromatic carbocycles. The quantitative estimate of drug-likeness (QED) is 0.769. The van der Waals surface area contributed by atoms with Crippen LogP contribution in [-0.2, 0) is 14.8 Å². The van der Waals surface area contributed by atoms with E-state index >= 15 is 0 Å². The molecule has 1 aromatic heterocycles. The third kappa shape index (κ3) is 4.51. The number of carboxylic acid groups (broad SMARTS) is 1. The first-order valence-corrected chi connectivity index (χ1v) is 8.48. The third-order valence-electron chi connectivity index (χ3n) is 2.73. The molecule has 1 aromatic rings. The average molecular weight is 334 g/mol. The van der Waals surface area contributed by atoms with E-state index in [4.69, 9.17) is 5.11 Å². The van der Waals surface area contributed by atoms with Crippen molar-refractivity contribution >= 4 is 33.2 Å². The Kier molecular flexibility index (Phi) is 5.87. The number of hydrogen-bond donors (Lipinski definition) is 2. The Morgan fingerprint density at radius 2 is 2.05 bits per heavy atom. The number of carbonyl (C=O) groups is 2. The van der Waals surface area contributed by atoms with Gasteiger partial charge < -0.3 is 10.4 Å². The first kappa shape index (κ1) is 17.6. The number of thiophene rings is 1. The molecule has 7 nitrogen and oxygen atoms in total. The van der Waals surface area contributed by atoms with Crippen LogP contribution in [0.25, 0.3) is 0 Å². The standard InChI is InChI=1S/C12H18N2O5S2/c1-8(6-10(15)16)7-13-12(17)11-9(4-5-20-11)21(18,19)14(2)3/h4-5,8H,6-7H2,1-3H3,(H,13,17)(H,15,16). The zero-order valence-corrected chi connectivity index (χ0v) is 13.6. The molecule has 0 bridgehead atoms. The van der Waals surface area contributed by atoms with Gasteiger partial charge in [-0.15, -0.1) is 11.3 Å². The van der Waals surface area contributed by atoms with Gasteiger partial charge >= 0.3 is 5.97 Å². The van der Waals surface area contributed by atoms with Gasteiger partial charge in [0, 0.05) is 27.1 Å². The molecule has 1 atom stereocenters. The van der Waals surface area contributed by atoms with Crippen molar-refractivity contribution in [2.75, 3.05) is 20.6 Å². The summed E-state index contributed by atoms with van der Waals surface area (Å²) in [6, 6.07) is 1.38. The maximum atomic E-state index is 12.1. The fourth-order valence-corrected chi connectivity index (χ4v) is 3.79. The summed E-state index contributed by atoms with van der Waals surface area (Å²) in [6.45, 7) is 1.87. The molecule has 1 unspecified atom stereocenters. The van der Waals surface area contributed by atoms with Gasteiger partial charge in [-0.3, -0.25) is 9.59 Å². The summed E-state index contributed by atoms with van der Waals surface area (Å²) in [5, 5.41) is 12.7. The molecule has 9 heteroatoms. The van der Waals surface area contributed by atoms with Gasteiger partial charge in [0.15, 0.2) is 0 Å². The highest BCUT2D eigenvalue weighted by Crippen LogP contribution is 2.24. The highest BCUT2D eigenvalue weighted by atomic mass is 32.2. The van der Waals surface area contributed by atoms with Crippen molar-refractivity contribution in [2.45, 2.75) is 18.2 Å². The van der Waals surface area contributed by atoms with Crippen LogP contribution in [0.2, 0.25) is 0 Å². The van der Waals surface area contributed by atoms with Crippen LogP contribution in [0, 0.1) is 5.92 Å². The smallest absolute Gasteiger partial charge is 0.303 e. The normalized spacial score (nSPS) is 13.1. The number of carboxylic acids is 1. The molecule has 1 rings (SSSR count). The van der Waals surface area contributed by atoms with E-state index in [9.17, 15) is 18.0 Å². The van der Waals surface area contributed by atoms with Crippen LogP contribution in [0.3, 0.4) is 0 Å². The van der Waals surface area contributed by atoms with Crippen molar-refractivity contribution in [3.8, 4) is 0 Å². The molecule has 0 spiro atoms. The Labute approximate surface area is 127 Å². The fraction of sp³-hybridized carbons (Fsp3) is 0.500. The Morgan fingerprint density at radius 3 is 2.57 bits per heavy atom. The van der Waals surface area contributed by atoms with Gasteiger partial charge in [-0.1, -0.05) is 6.92 Å². The number of amides is 1. The second kappa shape index (κ2) is 7.01. The van der Waals surface area contributed by atoms with Crippen LogP contribution < -0.4 is 5.32 Å². The van der Waals surface area contributed by atoms with Crippen LogP contribution in [0.5, 0.6) is 0 Å². The Bertz CT molecular complexity index is 621. The number of rotatable bonds is 7. The number of aliphatic carboxylic acids is 1. The molecule has 0 aliphatic carbocycles. The van der Waals surface area contributed by atoms with Crippen molar-refractivity contribution in [1.82, 2.24) is 9.62 Å². The highest BCUT2D eigenvalue weighted by Gasteiger charge is 2.26. The van der Waals surface area contributed by atoms with Crippen LogP contribution in [0.15, 0.2) is 16.3 Å². The number of carbonyl (C=O) groups excluding carboxylic acids is 1. The number of hydrogen-bond acceptors (Lipinski definition) is 5. The Balaban J connectivity index is 2.82. The minimum Gasteiger partial charge on any atom is -0.481 e. The average Bonchev–Trinajstić information content (AvgIpc) is 2.84. The van der Waals surface area contributed by atoms with E-state index in [2.05, 4.69) is 5.32 Å². The van der Waals surface area contributed by atoms with E-state index in [1.165, 1.54) is 25.5 Å². The van der Waals surface area contributed by atoms with E-state index in [1.54, 1.807) is 6.92 Å². The number of nitrogens with one attached hydrogen (secondary N) is 1. The topological polar surface area (TPSA) is 104 Å². The molecule has 0 aliphatic rings. The van der Waals surface area contributed by atoms with Crippen molar-refractivity contribution in [3.63, 3.8) is 0 Å². The first-order chi connectivity index (χ1) is 9.66. The van der Waals surface area contributed by atoms with Crippen molar-refractivity contribution in [3.05, 3.63) is 16.3 Å². The van der Waals surface area contributed by atoms with Gasteiger partial charge in [-0.05, 0) is 17.4 Å². The fourth-order valence-electron chi connectivity index (χ4n) is 1.58. The second-order valence-electron chi connectivity index (χ2n) is 4.81. The minimum absolute atomic E-state index is 0.0408. The second-order valence-corrected chi connectivity index (χ2v) is 7.85. The molecule has 0 aliphatic heterocycles. The van der Waals surface area contributed by atoms with E-state index in [0.717, 1.165) is 15.6 Å². The van der Waals surface area contributed by atoms with E-state index in [0.29, 0.717) is 0 Å². The summed E-state index contributed by atoms with van der Waals surface area (Å²) in [7, 11) is -0.893. The molecule has 2 N–H and O–H groups in total. The molecule has 1 heterocycles. The monoisotopic (exact) mass is 334 g/mol. The van der Waals surface area contributed by atoms with Crippen LogP contribution in [0.4, 0.5) is 0 Å². The Hall–Kier alpha value is -1.45. The largest absolute Gasteiger partial charge is 0.481 e. The summed E-state index contributed by atoms with van der Waals surface area (Å²) >= 11 is 1.03. The lowest BCUT2D eigenvalue weighted by molar-refractivity contribution is -0.137. The maximum absolute atomic E-state index is 12.1. The summed E-state index contributed by atoms with van der Waals surface area (Å²) in [5.74, 6) is -1.69. The minimum atomic E-state index is -3.68. The van der Waals surface area contributed by atoms with Gasteiger partial charge in [0.05, 0.1) is 0 Å². The number of nitrogens with zero attached hydrogens (tertiary/aromatic N) is 1. The predicted molar refractivity (Wildman–Crippen MR) is 78.9 cm³/mol. The zero-order chi connectivity index (χ0) is 16.2. The molecule has 118 valence electrons. The summed E-state index contributed by atoms with van der Waals surface area (Å²) < 4.78 is 25.2. The predicted octanol–water partition coefficient (Wildman–Crippen LogP) is 0.839. The van der Waals surface area contributed by atoms with Crippen molar-refractivity contribution < 1.29 is 23.1 Å². The van der Waals surface area contributed by atoms with Gasteiger partial charge in [0.25, 0.3) is 5.91 Å². The molecular formula is C12H18N2O5S2. The molecule has 0 fully saturated rings. The first-order valence-electron chi connectivity index (χ1n) is 6.16. The van der Waals surface area contributed by atoms with Crippen molar-refractivity contribution in [2.24, 2.45) is 5.92 Å². The van der Waals surface area contributed by atoms with Gasteiger partial charge in [0.1, 0.15) is 9.77 Å². The van der Waals surface area contributed by atoms with Crippen LogP contribution >= 0.6 is 11.3 Å². The summed E-state index contributed by atoms with van der Waals surface area (Å²) in [5.41, 5.74) is 0. The summed E-state index contributed by atoms with van der Waals surface area (Å²) in [4.78, 5) is 22.7. The third-order valence-corrected chi connectivity index (χ3v) is 5.63. The van der Waals surface area contributed by atoms with Crippen molar-refractivity contribution in [1.29, 1.82) is 0 Å². The number of sulfonamides is 1. The van der Waals surface area contributed by atoms with E-state index in [1.807, 2.05) is 0 Å². The molecule has 0 saturated carbocycles. The Morgan fingerprint density at radius 1 is 1.43 bits per heavy atom. The van der Waals surface area contributed by atoms with Gasteiger partial charge in [-0.2, -0.15) is 0 Å². The lowest BCUT2D eigenvalue weighted by Crippen LogP contribution is -2.30. The SMILES string of the molecule is CC(CNC(=O)c1sccc1S(=O)(=O)N(C)C)CC(=O)O. The molecule has 0 radical (unpaired) electrons. The summed E-state index contributed by atoms with van der Waals surface area (Å²) in [6.07, 6.45) is -0.0619. The molecule has 21 heavy (non-hydrogen) atoms. The van der Waals surface area contributed by atoms with E-state index in [-0.39, 0.29) is 28.7 Å². The molecule has 0 saturated heterocycles. The van der Waals surface area contributed by atoms with Gasteiger partial charge in [-0.25, -0.2) is 12.7 Å². The maximum Gasteiger partial charge on any atom is 0.303 e. The lowest BCUT2D eigenvalue weighted by Gasteiger charge is -2.13. The highest BCUT2D eigenvalue weighted by molar-refractivity contribution is 7.89. The van der Waals surface area contributed by atoms with Crippen LogP contribution in [0.1, 0.15) is 23.0 Å². The zero-order valence-electron chi connectivity index (χ0n) is 12.0. The van der Waals surface area contributed by atoms with Gasteiger partial charge in [0.2, 0.25) is 10.0 Å². The molecular weight excluding hydrogens is 316 g/mol. The van der Waals surface area contributed by atoms with E-state index < -0.39 is 21.9 Å². The lowest BCUT2D eigenvalue weighted by atomic mass is 10.1. The molecule has 1 amide bonds.